The van der Waals surface area contributed by atoms with Crippen molar-refractivity contribution in [3.05, 3.63) is 16.6 Å². The highest BCUT2D eigenvalue weighted by atomic mass is 32.2. The molecule has 14 heavy (non-hydrogen) atoms. The lowest BCUT2D eigenvalue weighted by Crippen LogP contribution is -2.28. The van der Waals surface area contributed by atoms with Crippen LogP contribution in [0, 0.1) is 11.3 Å². The summed E-state index contributed by atoms with van der Waals surface area (Å²) >= 11 is 1.41. The van der Waals surface area contributed by atoms with E-state index in [2.05, 4.69) is 4.98 Å². The van der Waals surface area contributed by atoms with E-state index in [1.54, 1.807) is 17.0 Å². The molecule has 1 aromatic heterocycles. The van der Waals surface area contributed by atoms with Crippen molar-refractivity contribution in [3.63, 3.8) is 0 Å². The van der Waals surface area contributed by atoms with Gasteiger partial charge in [0.1, 0.15) is 0 Å². The molecule has 0 bridgehead atoms. The van der Waals surface area contributed by atoms with E-state index in [0.717, 1.165) is 4.31 Å². The maximum absolute atomic E-state index is 11.3. The Labute approximate surface area is 86.7 Å². The van der Waals surface area contributed by atoms with Gasteiger partial charge in [-0.05, 0) is 0 Å². The van der Waals surface area contributed by atoms with Gasteiger partial charge < -0.3 is 0 Å². The molecular formula is C7H9N3O2S2. The van der Waals surface area contributed by atoms with Gasteiger partial charge in [0.15, 0.2) is 5.75 Å². The van der Waals surface area contributed by atoms with Gasteiger partial charge in [-0.3, -0.25) is 0 Å². The van der Waals surface area contributed by atoms with Crippen molar-refractivity contribution >= 4 is 21.4 Å². The summed E-state index contributed by atoms with van der Waals surface area (Å²) in [6.07, 6.45) is 0. The van der Waals surface area contributed by atoms with Crippen LogP contribution in [0.4, 0.5) is 0 Å². The van der Waals surface area contributed by atoms with Gasteiger partial charge in [0.25, 0.3) is 0 Å². The molecule has 0 saturated heterocycles. The van der Waals surface area contributed by atoms with Crippen molar-refractivity contribution in [1.29, 1.82) is 5.26 Å². The fourth-order valence-electron chi connectivity index (χ4n) is 0.834. The van der Waals surface area contributed by atoms with Gasteiger partial charge in [-0.2, -0.15) is 9.57 Å². The van der Waals surface area contributed by atoms with E-state index in [-0.39, 0.29) is 6.54 Å². The van der Waals surface area contributed by atoms with E-state index >= 15 is 0 Å². The third-order valence-electron chi connectivity index (χ3n) is 1.59. The van der Waals surface area contributed by atoms with Crippen LogP contribution in [-0.4, -0.2) is 30.5 Å². The van der Waals surface area contributed by atoms with E-state index in [1.807, 2.05) is 0 Å². The fraction of sp³-hybridized carbons (Fsp3) is 0.429. The second-order valence-corrected chi connectivity index (χ2v) is 5.44. The van der Waals surface area contributed by atoms with E-state index in [0.29, 0.717) is 5.69 Å². The Balaban J connectivity index is 2.68. The lowest BCUT2D eigenvalue weighted by atomic mass is 10.5. The van der Waals surface area contributed by atoms with Gasteiger partial charge in [-0.15, -0.1) is 11.3 Å². The predicted molar refractivity (Wildman–Crippen MR) is 53.0 cm³/mol. The molecule has 0 aliphatic carbocycles. The van der Waals surface area contributed by atoms with Crippen molar-refractivity contribution in [2.75, 3.05) is 12.8 Å². The van der Waals surface area contributed by atoms with Crippen LogP contribution in [0.2, 0.25) is 0 Å². The Hall–Kier alpha value is -0.970. The number of sulfonamides is 1. The van der Waals surface area contributed by atoms with Crippen molar-refractivity contribution in [1.82, 2.24) is 9.29 Å². The number of rotatable bonds is 4. The summed E-state index contributed by atoms with van der Waals surface area (Å²) in [5.74, 6) is -0.492. The largest absolute Gasteiger partial charge is 0.248 e. The van der Waals surface area contributed by atoms with Crippen LogP contribution < -0.4 is 0 Å². The molecule has 0 atom stereocenters. The molecule has 0 aliphatic rings. The minimum Gasteiger partial charge on any atom is -0.248 e. The first-order chi connectivity index (χ1) is 6.56. The molecule has 1 aromatic rings. The minimum atomic E-state index is -3.45. The molecule has 0 aromatic carbocycles. The summed E-state index contributed by atoms with van der Waals surface area (Å²) in [6.45, 7) is 0.216. The summed E-state index contributed by atoms with van der Waals surface area (Å²) in [5, 5.41) is 10.1. The molecule has 5 nitrogen and oxygen atoms in total. The summed E-state index contributed by atoms with van der Waals surface area (Å²) in [5.41, 5.74) is 2.33. The molecule has 0 N–H and O–H groups in total. The highest BCUT2D eigenvalue weighted by molar-refractivity contribution is 7.89. The lowest BCUT2D eigenvalue weighted by Gasteiger charge is -2.13. The highest BCUT2D eigenvalue weighted by Gasteiger charge is 2.17. The number of aromatic nitrogens is 1. The third kappa shape index (κ3) is 2.77. The zero-order valence-corrected chi connectivity index (χ0v) is 9.18. The van der Waals surface area contributed by atoms with Crippen LogP contribution in [0.5, 0.6) is 0 Å². The number of hydrogen-bond acceptors (Lipinski definition) is 5. The minimum absolute atomic E-state index is 0.216. The normalized spacial score (nSPS) is 11.5. The molecule has 0 saturated carbocycles. The van der Waals surface area contributed by atoms with Crippen LogP contribution in [-0.2, 0) is 16.6 Å². The van der Waals surface area contributed by atoms with Gasteiger partial charge in [-0.1, -0.05) is 0 Å². The molecule has 1 heterocycles. The molecule has 0 unspecified atom stereocenters. The Kier molecular flexibility index (Phi) is 3.57. The van der Waals surface area contributed by atoms with Gasteiger partial charge in [-0.25, -0.2) is 13.4 Å². The number of hydrogen-bond donors (Lipinski definition) is 0. The molecule has 0 radical (unpaired) electrons. The van der Waals surface area contributed by atoms with Crippen molar-refractivity contribution in [3.8, 4) is 6.07 Å². The molecular weight excluding hydrogens is 222 g/mol. The lowest BCUT2D eigenvalue weighted by molar-refractivity contribution is 0.466. The first-order valence-electron chi connectivity index (χ1n) is 3.74. The van der Waals surface area contributed by atoms with E-state index < -0.39 is 15.8 Å². The van der Waals surface area contributed by atoms with Gasteiger partial charge in [0.05, 0.1) is 23.8 Å². The molecule has 0 aliphatic heterocycles. The number of nitrogens with zero attached hydrogens (tertiary/aromatic N) is 3. The van der Waals surface area contributed by atoms with Gasteiger partial charge in [0.2, 0.25) is 10.0 Å². The maximum atomic E-state index is 11.3. The van der Waals surface area contributed by atoms with Crippen molar-refractivity contribution in [2.45, 2.75) is 6.54 Å². The van der Waals surface area contributed by atoms with Crippen LogP contribution in [0.15, 0.2) is 10.9 Å². The Morgan fingerprint density at radius 3 is 2.93 bits per heavy atom. The van der Waals surface area contributed by atoms with Crippen LogP contribution in [0.1, 0.15) is 5.69 Å². The molecule has 1 rings (SSSR count). The predicted octanol–water partition coefficient (Wildman–Crippen LogP) is 0.428. The molecule has 0 amide bonds. The summed E-state index contributed by atoms with van der Waals surface area (Å²) in [7, 11) is -2.01. The second-order valence-electron chi connectivity index (χ2n) is 2.65. The zero-order valence-electron chi connectivity index (χ0n) is 7.54. The molecule has 0 spiro atoms. The average Bonchev–Trinajstić information content (AvgIpc) is 2.56. The summed E-state index contributed by atoms with van der Waals surface area (Å²) in [4.78, 5) is 3.96. The molecule has 76 valence electrons. The number of thiazole rings is 1. The monoisotopic (exact) mass is 231 g/mol. The van der Waals surface area contributed by atoms with Gasteiger partial charge in [0, 0.05) is 12.4 Å². The van der Waals surface area contributed by atoms with E-state index in [9.17, 15) is 8.42 Å². The van der Waals surface area contributed by atoms with Crippen molar-refractivity contribution in [2.24, 2.45) is 0 Å². The van der Waals surface area contributed by atoms with E-state index in [1.165, 1.54) is 18.4 Å². The number of nitriles is 1. The summed E-state index contributed by atoms with van der Waals surface area (Å²) < 4.78 is 23.8. The first kappa shape index (κ1) is 11.1. The third-order valence-corrected chi connectivity index (χ3v) is 3.80. The van der Waals surface area contributed by atoms with Gasteiger partial charge >= 0.3 is 0 Å². The highest BCUT2D eigenvalue weighted by Crippen LogP contribution is 2.07. The zero-order chi connectivity index (χ0) is 10.6. The van der Waals surface area contributed by atoms with E-state index in [4.69, 9.17) is 5.26 Å². The van der Waals surface area contributed by atoms with Crippen LogP contribution in [0.3, 0.4) is 0 Å². The fourth-order valence-corrected chi connectivity index (χ4v) is 2.10. The molecule has 7 heteroatoms. The van der Waals surface area contributed by atoms with Crippen LogP contribution >= 0.6 is 11.3 Å². The smallest absolute Gasteiger partial charge is 0.227 e. The van der Waals surface area contributed by atoms with Crippen molar-refractivity contribution < 1.29 is 8.42 Å². The average molecular weight is 231 g/mol. The first-order valence-corrected chi connectivity index (χ1v) is 6.29. The standard InChI is InChI=1S/C7H9N3O2S2/c1-10(14(11,12)3-2-8)4-7-5-13-6-9-7/h5-6H,3-4H2,1H3. The topological polar surface area (TPSA) is 74.1 Å². The van der Waals surface area contributed by atoms with Crippen LogP contribution in [0.25, 0.3) is 0 Å². The Morgan fingerprint density at radius 1 is 1.71 bits per heavy atom. The Bertz CT molecular complexity index is 418. The Morgan fingerprint density at radius 2 is 2.43 bits per heavy atom. The summed E-state index contributed by atoms with van der Waals surface area (Å²) in [6, 6.07) is 1.62. The molecule has 0 fully saturated rings. The SMILES string of the molecule is CN(Cc1cscn1)S(=O)(=O)CC#N. The quantitative estimate of drug-likeness (QED) is 0.753. The maximum Gasteiger partial charge on any atom is 0.227 e. The second kappa shape index (κ2) is 4.50.